The van der Waals surface area contributed by atoms with Gasteiger partial charge in [0.25, 0.3) is 0 Å². The first-order chi connectivity index (χ1) is 6.74. The van der Waals surface area contributed by atoms with Gasteiger partial charge in [0.15, 0.2) is 0 Å². The molecule has 1 aromatic carbocycles. The van der Waals surface area contributed by atoms with Gasteiger partial charge in [-0.25, -0.2) is 0 Å². The van der Waals surface area contributed by atoms with Crippen molar-refractivity contribution in [3.8, 4) is 6.07 Å². The van der Waals surface area contributed by atoms with Gasteiger partial charge in [0.1, 0.15) is 0 Å². The molecule has 2 rings (SSSR count). The van der Waals surface area contributed by atoms with Gasteiger partial charge in [0, 0.05) is 15.0 Å². The second-order valence-corrected chi connectivity index (χ2v) is 4.67. The Balaban J connectivity index is 2.80. The van der Waals surface area contributed by atoms with Gasteiger partial charge in [-0.1, -0.05) is 6.92 Å². The van der Waals surface area contributed by atoms with Crippen molar-refractivity contribution in [2.75, 3.05) is 0 Å². The van der Waals surface area contributed by atoms with Crippen molar-refractivity contribution >= 4 is 21.4 Å². The first kappa shape index (κ1) is 9.23. The largest absolute Gasteiger partial charge is 0.192 e. The molecular formula is C12H11NS. The van der Waals surface area contributed by atoms with Crippen LogP contribution in [0.5, 0.6) is 0 Å². The van der Waals surface area contributed by atoms with Crippen LogP contribution in [0.4, 0.5) is 0 Å². The van der Waals surface area contributed by atoms with Gasteiger partial charge in [-0.05, 0) is 37.1 Å². The highest BCUT2D eigenvalue weighted by Gasteiger charge is 2.05. The summed E-state index contributed by atoms with van der Waals surface area (Å²) in [5.41, 5.74) is 2.06. The molecule has 70 valence electrons. The minimum Gasteiger partial charge on any atom is -0.192 e. The lowest BCUT2D eigenvalue weighted by Gasteiger charge is -1.98. The van der Waals surface area contributed by atoms with Crippen LogP contribution in [0.25, 0.3) is 10.1 Å². The number of rotatable bonds is 1. The van der Waals surface area contributed by atoms with Crippen molar-refractivity contribution in [1.29, 1.82) is 5.26 Å². The van der Waals surface area contributed by atoms with Crippen molar-refractivity contribution in [1.82, 2.24) is 0 Å². The second kappa shape index (κ2) is 3.43. The van der Waals surface area contributed by atoms with Gasteiger partial charge in [0.05, 0.1) is 11.6 Å². The quantitative estimate of drug-likeness (QED) is 0.691. The number of benzene rings is 1. The molecule has 14 heavy (non-hydrogen) atoms. The molecule has 0 amide bonds. The van der Waals surface area contributed by atoms with E-state index in [0.717, 1.165) is 17.4 Å². The molecule has 0 saturated carbocycles. The molecule has 0 N–H and O–H groups in total. The van der Waals surface area contributed by atoms with Crippen LogP contribution in [0.3, 0.4) is 0 Å². The maximum atomic E-state index is 9.02. The van der Waals surface area contributed by atoms with Gasteiger partial charge < -0.3 is 0 Å². The summed E-state index contributed by atoms with van der Waals surface area (Å²) in [5.74, 6) is 0. The number of aryl methyl sites for hydroxylation is 2. The molecule has 0 radical (unpaired) electrons. The lowest BCUT2D eigenvalue weighted by atomic mass is 10.1. The molecule has 0 atom stereocenters. The number of hydrogen-bond donors (Lipinski definition) is 0. The highest BCUT2D eigenvalue weighted by molar-refractivity contribution is 7.19. The van der Waals surface area contributed by atoms with E-state index in [4.69, 9.17) is 5.26 Å². The molecule has 1 heterocycles. The molecule has 0 aliphatic rings. The molecule has 0 saturated heterocycles. The molecule has 0 aliphatic carbocycles. The van der Waals surface area contributed by atoms with Crippen LogP contribution < -0.4 is 0 Å². The van der Waals surface area contributed by atoms with E-state index in [0.29, 0.717) is 0 Å². The molecule has 2 heteroatoms. The number of fused-ring (bicyclic) bond motifs is 1. The third-order valence-electron chi connectivity index (χ3n) is 2.35. The molecular weight excluding hydrogens is 190 g/mol. The molecule has 0 unspecified atom stereocenters. The summed E-state index contributed by atoms with van der Waals surface area (Å²) in [7, 11) is 0. The van der Waals surface area contributed by atoms with E-state index >= 15 is 0 Å². The van der Waals surface area contributed by atoms with E-state index in [2.05, 4.69) is 32.0 Å². The standard InChI is InChI=1S/C12H11NS/c1-3-9-5-10(7-13)11-4-8(2)14-12(11)6-9/h4-6H,3H2,1-2H3. The third kappa shape index (κ3) is 1.40. The fourth-order valence-corrected chi connectivity index (χ4v) is 2.63. The molecule has 1 nitrogen and oxygen atoms in total. The Bertz CT molecular complexity index is 517. The summed E-state index contributed by atoms with van der Waals surface area (Å²) in [6.45, 7) is 4.19. The Hall–Kier alpha value is -1.33. The van der Waals surface area contributed by atoms with Gasteiger partial charge >= 0.3 is 0 Å². The summed E-state index contributed by atoms with van der Waals surface area (Å²) in [5, 5.41) is 10.1. The van der Waals surface area contributed by atoms with E-state index in [9.17, 15) is 0 Å². The molecule has 0 spiro atoms. The fraction of sp³-hybridized carbons (Fsp3) is 0.250. The Kier molecular flexibility index (Phi) is 2.26. The van der Waals surface area contributed by atoms with Crippen molar-refractivity contribution < 1.29 is 0 Å². The predicted molar refractivity (Wildman–Crippen MR) is 60.7 cm³/mol. The van der Waals surface area contributed by atoms with E-state index < -0.39 is 0 Å². The Labute approximate surface area is 87.6 Å². The lowest BCUT2D eigenvalue weighted by molar-refractivity contribution is 1.14. The number of hydrogen-bond acceptors (Lipinski definition) is 2. The molecule has 0 fully saturated rings. The SMILES string of the molecule is CCc1cc(C#N)c2cc(C)sc2c1. The molecule has 0 aliphatic heterocycles. The fourth-order valence-electron chi connectivity index (χ4n) is 1.62. The Morgan fingerprint density at radius 1 is 1.36 bits per heavy atom. The molecule has 2 aromatic rings. The first-order valence-electron chi connectivity index (χ1n) is 4.67. The van der Waals surface area contributed by atoms with Gasteiger partial charge in [0.2, 0.25) is 0 Å². The number of nitrogens with zero attached hydrogens (tertiary/aromatic N) is 1. The topological polar surface area (TPSA) is 23.8 Å². The van der Waals surface area contributed by atoms with Gasteiger partial charge in [-0.3, -0.25) is 0 Å². The summed E-state index contributed by atoms with van der Waals surface area (Å²) in [6, 6.07) is 8.54. The summed E-state index contributed by atoms with van der Waals surface area (Å²) >= 11 is 1.76. The van der Waals surface area contributed by atoms with Crippen LogP contribution >= 0.6 is 11.3 Å². The first-order valence-corrected chi connectivity index (χ1v) is 5.49. The van der Waals surface area contributed by atoms with Gasteiger partial charge in [-0.15, -0.1) is 11.3 Å². The van der Waals surface area contributed by atoms with Crippen LogP contribution in [0.1, 0.15) is 22.9 Å². The monoisotopic (exact) mass is 201 g/mol. The van der Waals surface area contributed by atoms with Crippen LogP contribution in [0.15, 0.2) is 18.2 Å². The zero-order valence-corrected chi connectivity index (χ0v) is 9.11. The zero-order chi connectivity index (χ0) is 10.1. The van der Waals surface area contributed by atoms with E-state index in [1.807, 2.05) is 6.07 Å². The van der Waals surface area contributed by atoms with E-state index in [1.165, 1.54) is 15.1 Å². The van der Waals surface area contributed by atoms with Gasteiger partial charge in [-0.2, -0.15) is 5.26 Å². The maximum Gasteiger partial charge on any atom is 0.0998 e. The van der Waals surface area contributed by atoms with Crippen LogP contribution in [0.2, 0.25) is 0 Å². The normalized spacial score (nSPS) is 10.4. The van der Waals surface area contributed by atoms with E-state index in [1.54, 1.807) is 11.3 Å². The average Bonchev–Trinajstić information content (AvgIpc) is 2.56. The van der Waals surface area contributed by atoms with Crippen LogP contribution in [-0.2, 0) is 6.42 Å². The number of nitriles is 1. The Morgan fingerprint density at radius 3 is 2.79 bits per heavy atom. The molecule has 1 aromatic heterocycles. The minimum atomic E-state index is 0.809. The highest BCUT2D eigenvalue weighted by Crippen LogP contribution is 2.29. The van der Waals surface area contributed by atoms with Crippen molar-refractivity contribution in [2.24, 2.45) is 0 Å². The highest BCUT2D eigenvalue weighted by atomic mass is 32.1. The summed E-state index contributed by atoms with van der Waals surface area (Å²) < 4.78 is 1.23. The predicted octanol–water partition coefficient (Wildman–Crippen LogP) is 3.64. The zero-order valence-electron chi connectivity index (χ0n) is 8.29. The summed E-state index contributed by atoms with van der Waals surface area (Å²) in [4.78, 5) is 1.27. The lowest BCUT2D eigenvalue weighted by Crippen LogP contribution is -1.82. The summed E-state index contributed by atoms with van der Waals surface area (Å²) in [6.07, 6.45) is 0.988. The molecule has 0 bridgehead atoms. The minimum absolute atomic E-state index is 0.809. The van der Waals surface area contributed by atoms with E-state index in [-0.39, 0.29) is 0 Å². The number of thiophene rings is 1. The maximum absolute atomic E-state index is 9.02. The van der Waals surface area contributed by atoms with Crippen LogP contribution in [-0.4, -0.2) is 0 Å². The van der Waals surface area contributed by atoms with Crippen molar-refractivity contribution in [3.05, 3.63) is 34.2 Å². The van der Waals surface area contributed by atoms with Crippen molar-refractivity contribution in [3.63, 3.8) is 0 Å². The Morgan fingerprint density at radius 2 is 2.14 bits per heavy atom. The third-order valence-corrected chi connectivity index (χ3v) is 3.35. The smallest absolute Gasteiger partial charge is 0.0998 e. The van der Waals surface area contributed by atoms with Crippen molar-refractivity contribution in [2.45, 2.75) is 20.3 Å². The van der Waals surface area contributed by atoms with Crippen LogP contribution in [0, 0.1) is 18.3 Å². The average molecular weight is 201 g/mol. The second-order valence-electron chi connectivity index (χ2n) is 3.38.